The largest absolute Gasteiger partial charge is 0.336 e. The number of amides is 1. The zero-order valence-corrected chi connectivity index (χ0v) is 12.7. The molecule has 108 valence electrons. The van der Waals surface area contributed by atoms with Gasteiger partial charge in [-0.15, -0.1) is 12.4 Å². The van der Waals surface area contributed by atoms with E-state index in [9.17, 15) is 4.79 Å². The molecule has 0 unspecified atom stereocenters. The molecule has 1 rings (SSSR count). The van der Waals surface area contributed by atoms with Crippen LogP contribution in [0, 0.1) is 0 Å². The molecule has 5 heteroatoms. The summed E-state index contributed by atoms with van der Waals surface area (Å²) < 4.78 is 0. The molecule has 0 radical (unpaired) electrons. The van der Waals surface area contributed by atoms with E-state index in [2.05, 4.69) is 22.3 Å². The van der Waals surface area contributed by atoms with E-state index in [1.165, 1.54) is 5.56 Å². The van der Waals surface area contributed by atoms with Crippen molar-refractivity contribution < 1.29 is 4.79 Å². The molecule has 0 atom stereocenters. The van der Waals surface area contributed by atoms with Crippen LogP contribution in [0.1, 0.15) is 5.56 Å². The van der Waals surface area contributed by atoms with Gasteiger partial charge < -0.3 is 15.1 Å². The average molecular weight is 286 g/mol. The first-order valence-electron chi connectivity index (χ1n) is 6.24. The Morgan fingerprint density at radius 3 is 2.32 bits per heavy atom. The predicted octanol–water partition coefficient (Wildman–Crippen LogP) is 1.22. The molecule has 0 fully saturated rings. The van der Waals surface area contributed by atoms with E-state index in [1.54, 1.807) is 7.05 Å². The lowest BCUT2D eigenvalue weighted by Crippen LogP contribution is -2.40. The summed E-state index contributed by atoms with van der Waals surface area (Å²) in [5.41, 5.74) is 1.17. The number of carbonyl (C=O) groups is 1. The maximum atomic E-state index is 12.0. The number of hydrogen-bond donors (Lipinski definition) is 1. The lowest BCUT2D eigenvalue weighted by molar-refractivity contribution is -0.130. The van der Waals surface area contributed by atoms with Gasteiger partial charge in [-0.3, -0.25) is 4.79 Å². The van der Waals surface area contributed by atoms with Crippen molar-refractivity contribution in [1.29, 1.82) is 0 Å². The lowest BCUT2D eigenvalue weighted by atomic mass is 10.2. The topological polar surface area (TPSA) is 35.6 Å². The zero-order valence-electron chi connectivity index (χ0n) is 11.9. The molecule has 4 nitrogen and oxygen atoms in total. The summed E-state index contributed by atoms with van der Waals surface area (Å²) in [6, 6.07) is 10.1. The van der Waals surface area contributed by atoms with E-state index < -0.39 is 0 Å². The van der Waals surface area contributed by atoms with Crippen molar-refractivity contribution >= 4 is 18.3 Å². The van der Waals surface area contributed by atoms with E-state index in [-0.39, 0.29) is 18.3 Å². The molecule has 19 heavy (non-hydrogen) atoms. The van der Waals surface area contributed by atoms with Gasteiger partial charge in [-0.05, 0) is 26.7 Å². The molecule has 0 aliphatic rings. The summed E-state index contributed by atoms with van der Waals surface area (Å²) in [6.45, 7) is 2.69. The van der Waals surface area contributed by atoms with Gasteiger partial charge in [0.15, 0.2) is 0 Å². The number of hydrogen-bond acceptors (Lipinski definition) is 3. The second-order valence-corrected chi connectivity index (χ2v) is 4.63. The summed E-state index contributed by atoms with van der Waals surface area (Å²) in [7, 11) is 5.83. The molecule has 1 N–H and O–H groups in total. The van der Waals surface area contributed by atoms with Crippen molar-refractivity contribution in [3.05, 3.63) is 35.9 Å². The van der Waals surface area contributed by atoms with Gasteiger partial charge >= 0.3 is 0 Å². The van der Waals surface area contributed by atoms with Gasteiger partial charge in [0.05, 0.1) is 6.54 Å². The third-order valence-corrected chi connectivity index (χ3v) is 2.71. The van der Waals surface area contributed by atoms with Gasteiger partial charge in [-0.25, -0.2) is 0 Å². The molecule has 0 aromatic heterocycles. The molecule has 0 spiro atoms. The minimum absolute atomic E-state index is 0. The molecule has 1 amide bonds. The van der Waals surface area contributed by atoms with Gasteiger partial charge in [0.25, 0.3) is 0 Å². The molecular formula is C14H24ClN3O. The van der Waals surface area contributed by atoms with Crippen LogP contribution in [0.3, 0.4) is 0 Å². The van der Waals surface area contributed by atoms with E-state index in [1.807, 2.05) is 37.2 Å². The van der Waals surface area contributed by atoms with Crippen molar-refractivity contribution in [3.8, 4) is 0 Å². The monoisotopic (exact) mass is 285 g/mol. The highest BCUT2D eigenvalue weighted by Crippen LogP contribution is 2.04. The summed E-state index contributed by atoms with van der Waals surface area (Å²) >= 11 is 0. The fourth-order valence-electron chi connectivity index (χ4n) is 1.68. The highest BCUT2D eigenvalue weighted by Gasteiger charge is 2.12. The first kappa shape index (κ1) is 17.9. The highest BCUT2D eigenvalue weighted by atomic mass is 35.5. The van der Waals surface area contributed by atoms with Crippen LogP contribution < -0.4 is 5.32 Å². The van der Waals surface area contributed by atoms with Crippen LogP contribution in [0.15, 0.2) is 30.3 Å². The van der Waals surface area contributed by atoms with Crippen LogP contribution in [0.4, 0.5) is 0 Å². The van der Waals surface area contributed by atoms with Crippen LogP contribution in [0.25, 0.3) is 0 Å². The summed E-state index contributed by atoms with van der Waals surface area (Å²) in [5, 5.41) is 2.92. The molecule has 0 saturated carbocycles. The maximum absolute atomic E-state index is 12.0. The van der Waals surface area contributed by atoms with Gasteiger partial charge in [0.1, 0.15) is 0 Å². The van der Waals surface area contributed by atoms with Crippen LogP contribution in [0.2, 0.25) is 0 Å². The Morgan fingerprint density at radius 2 is 1.79 bits per heavy atom. The van der Waals surface area contributed by atoms with Gasteiger partial charge in [0, 0.05) is 19.6 Å². The maximum Gasteiger partial charge on any atom is 0.236 e. The number of rotatable bonds is 7. The second kappa shape index (κ2) is 9.78. The predicted molar refractivity (Wildman–Crippen MR) is 81.6 cm³/mol. The first-order chi connectivity index (χ1) is 8.63. The third kappa shape index (κ3) is 7.15. The molecule has 0 heterocycles. The molecule has 0 saturated heterocycles. The molecule has 0 bridgehead atoms. The molecule has 0 aliphatic carbocycles. The van der Waals surface area contributed by atoms with Crippen molar-refractivity contribution in [3.63, 3.8) is 0 Å². The fraction of sp³-hybridized carbons (Fsp3) is 0.500. The quantitative estimate of drug-likeness (QED) is 0.818. The van der Waals surface area contributed by atoms with Crippen molar-refractivity contribution in [2.24, 2.45) is 0 Å². The number of halogens is 1. The van der Waals surface area contributed by atoms with Crippen molar-refractivity contribution in [2.45, 2.75) is 6.54 Å². The lowest BCUT2D eigenvalue weighted by Gasteiger charge is -2.24. The number of carbonyl (C=O) groups excluding carboxylic acids is 1. The second-order valence-electron chi connectivity index (χ2n) is 4.63. The Kier molecular flexibility index (Phi) is 9.21. The van der Waals surface area contributed by atoms with E-state index >= 15 is 0 Å². The normalized spacial score (nSPS) is 10.1. The van der Waals surface area contributed by atoms with Crippen LogP contribution in [-0.4, -0.2) is 56.5 Å². The van der Waals surface area contributed by atoms with E-state index in [4.69, 9.17) is 0 Å². The average Bonchev–Trinajstić information content (AvgIpc) is 2.35. The zero-order chi connectivity index (χ0) is 13.4. The number of nitrogens with zero attached hydrogens (tertiary/aromatic N) is 2. The summed E-state index contributed by atoms with van der Waals surface area (Å²) in [5.74, 6) is 0.142. The summed E-state index contributed by atoms with van der Waals surface area (Å²) in [4.78, 5) is 16.0. The standard InChI is InChI=1S/C14H23N3O.ClH/c1-15-11-14(18)17(10-9-16(2)3)12-13-7-5-4-6-8-13;/h4-8,15H,9-12H2,1-3H3;1H. The Labute approximate surface area is 122 Å². The third-order valence-electron chi connectivity index (χ3n) is 2.71. The molecule has 1 aromatic rings. The van der Waals surface area contributed by atoms with E-state index in [0.29, 0.717) is 13.1 Å². The fourth-order valence-corrected chi connectivity index (χ4v) is 1.68. The minimum Gasteiger partial charge on any atom is -0.336 e. The SMILES string of the molecule is CNCC(=O)N(CCN(C)C)Cc1ccccc1.Cl. The first-order valence-corrected chi connectivity index (χ1v) is 6.24. The van der Waals surface area contributed by atoms with Crippen LogP contribution in [0.5, 0.6) is 0 Å². The number of nitrogens with one attached hydrogen (secondary N) is 1. The smallest absolute Gasteiger partial charge is 0.236 e. The summed E-state index contributed by atoms with van der Waals surface area (Å²) in [6.07, 6.45) is 0. The van der Waals surface area contributed by atoms with Gasteiger partial charge in [-0.1, -0.05) is 30.3 Å². The Hall–Kier alpha value is -1.10. The van der Waals surface area contributed by atoms with Gasteiger partial charge in [-0.2, -0.15) is 0 Å². The van der Waals surface area contributed by atoms with E-state index in [0.717, 1.165) is 13.1 Å². The molecule has 0 aliphatic heterocycles. The van der Waals surface area contributed by atoms with Gasteiger partial charge in [0.2, 0.25) is 5.91 Å². The number of likely N-dealkylation sites (N-methyl/N-ethyl adjacent to an activating group) is 2. The Balaban J connectivity index is 0.00000324. The molecular weight excluding hydrogens is 262 g/mol. The minimum atomic E-state index is 0. The Bertz CT molecular complexity index is 357. The Morgan fingerprint density at radius 1 is 1.16 bits per heavy atom. The number of benzene rings is 1. The van der Waals surface area contributed by atoms with Crippen molar-refractivity contribution in [2.75, 3.05) is 40.8 Å². The highest BCUT2D eigenvalue weighted by molar-refractivity contribution is 5.85. The van der Waals surface area contributed by atoms with Crippen LogP contribution >= 0.6 is 12.4 Å². The van der Waals surface area contributed by atoms with Crippen LogP contribution in [-0.2, 0) is 11.3 Å². The van der Waals surface area contributed by atoms with Crippen molar-refractivity contribution in [1.82, 2.24) is 15.1 Å². The molecule has 1 aromatic carbocycles.